The molecule has 1 fully saturated rings. The lowest BCUT2D eigenvalue weighted by atomic mass is 9.78. The number of benzene rings is 2. The van der Waals surface area contributed by atoms with Gasteiger partial charge in [0.05, 0.1) is 26.4 Å². The van der Waals surface area contributed by atoms with Crippen LogP contribution in [0.2, 0.25) is 0 Å². The van der Waals surface area contributed by atoms with Gasteiger partial charge >= 0.3 is 5.97 Å². The lowest BCUT2D eigenvalue weighted by molar-refractivity contribution is 0.0421. The molecule has 5 heteroatoms. The number of nitrogens with zero attached hydrogens (tertiary/aromatic N) is 1. The third-order valence-corrected chi connectivity index (χ3v) is 6.26. The van der Waals surface area contributed by atoms with Crippen LogP contribution in [0.1, 0.15) is 48.5 Å². The number of likely N-dealkylation sites (N-methyl/N-ethyl adjacent to an activating group) is 1. The Morgan fingerprint density at radius 1 is 1.03 bits per heavy atom. The Kier molecular flexibility index (Phi) is 7.97. The van der Waals surface area contributed by atoms with Crippen molar-refractivity contribution in [3.8, 4) is 11.5 Å². The van der Waals surface area contributed by atoms with Gasteiger partial charge in [-0.3, -0.25) is 0 Å². The number of ether oxygens (including phenoxy) is 3. The Hall–Kier alpha value is -2.53. The van der Waals surface area contributed by atoms with Crippen molar-refractivity contribution in [2.24, 2.45) is 5.92 Å². The van der Waals surface area contributed by atoms with E-state index in [0.717, 1.165) is 24.6 Å². The maximum atomic E-state index is 12.2. The Morgan fingerprint density at radius 2 is 1.71 bits per heavy atom. The molecule has 0 aromatic heterocycles. The zero-order chi connectivity index (χ0) is 22.3. The van der Waals surface area contributed by atoms with E-state index in [1.807, 2.05) is 24.3 Å². The van der Waals surface area contributed by atoms with Crippen LogP contribution in [0.15, 0.2) is 48.5 Å². The minimum Gasteiger partial charge on any atom is -0.493 e. The van der Waals surface area contributed by atoms with E-state index in [9.17, 15) is 4.79 Å². The number of methoxy groups -OCH3 is 2. The standard InChI is InChI=1S/C26H35NO4/c1-20(18-31-25(28)21-10-6-5-7-11-21)17-27(2)19-26(14-8-9-15-26)22-12-13-23(29-3)24(16-22)30-4/h5-7,10-13,16,20H,8-9,14-15,17-19H2,1-4H3/t20-/m1/s1. The molecule has 1 atom stereocenters. The second-order valence-corrected chi connectivity index (χ2v) is 8.82. The summed E-state index contributed by atoms with van der Waals surface area (Å²) >= 11 is 0. The molecule has 0 aliphatic heterocycles. The Bertz CT molecular complexity index is 846. The fourth-order valence-electron chi connectivity index (χ4n) is 4.80. The van der Waals surface area contributed by atoms with Gasteiger partial charge in [0.25, 0.3) is 0 Å². The summed E-state index contributed by atoms with van der Waals surface area (Å²) in [6, 6.07) is 15.5. The van der Waals surface area contributed by atoms with Gasteiger partial charge in [-0.25, -0.2) is 4.79 Å². The smallest absolute Gasteiger partial charge is 0.338 e. The first-order valence-electron chi connectivity index (χ1n) is 11.1. The summed E-state index contributed by atoms with van der Waals surface area (Å²) in [6.45, 7) is 4.39. The highest BCUT2D eigenvalue weighted by Gasteiger charge is 2.37. The maximum Gasteiger partial charge on any atom is 0.338 e. The van der Waals surface area contributed by atoms with E-state index in [1.165, 1.54) is 31.2 Å². The highest BCUT2D eigenvalue weighted by Crippen LogP contribution is 2.44. The predicted molar refractivity (Wildman–Crippen MR) is 123 cm³/mol. The van der Waals surface area contributed by atoms with E-state index >= 15 is 0 Å². The molecule has 0 radical (unpaired) electrons. The highest BCUT2D eigenvalue weighted by molar-refractivity contribution is 5.89. The van der Waals surface area contributed by atoms with Crippen LogP contribution in [0.3, 0.4) is 0 Å². The quantitative estimate of drug-likeness (QED) is 0.505. The van der Waals surface area contributed by atoms with Gasteiger partial charge in [-0.1, -0.05) is 44.0 Å². The van der Waals surface area contributed by atoms with Gasteiger partial charge in [-0.15, -0.1) is 0 Å². The van der Waals surface area contributed by atoms with E-state index in [1.54, 1.807) is 26.4 Å². The summed E-state index contributed by atoms with van der Waals surface area (Å²) in [5, 5.41) is 0. The van der Waals surface area contributed by atoms with Crippen LogP contribution in [0.4, 0.5) is 0 Å². The number of carbonyl (C=O) groups excluding carboxylic acids is 1. The average molecular weight is 426 g/mol. The number of hydrogen-bond donors (Lipinski definition) is 0. The normalized spacial score (nSPS) is 16.2. The number of rotatable bonds is 10. The minimum absolute atomic E-state index is 0.120. The van der Waals surface area contributed by atoms with Crippen molar-refractivity contribution in [3.63, 3.8) is 0 Å². The SMILES string of the molecule is COc1ccc(C2(CN(C)C[C@@H](C)COC(=O)c3ccccc3)CCCC2)cc1OC. The molecule has 0 saturated heterocycles. The van der Waals surface area contributed by atoms with Crippen LogP contribution in [-0.4, -0.2) is 51.8 Å². The van der Waals surface area contributed by atoms with Gasteiger partial charge in [0.2, 0.25) is 0 Å². The first-order valence-corrected chi connectivity index (χ1v) is 11.1. The molecule has 1 aliphatic carbocycles. The van der Waals surface area contributed by atoms with Crippen molar-refractivity contribution in [3.05, 3.63) is 59.7 Å². The van der Waals surface area contributed by atoms with E-state index in [0.29, 0.717) is 12.2 Å². The molecule has 3 rings (SSSR count). The summed E-state index contributed by atoms with van der Waals surface area (Å²) in [5.41, 5.74) is 2.04. The Labute approximate surface area is 186 Å². The summed E-state index contributed by atoms with van der Waals surface area (Å²) in [6.07, 6.45) is 4.83. The highest BCUT2D eigenvalue weighted by atomic mass is 16.5. The molecule has 0 amide bonds. The van der Waals surface area contributed by atoms with Crippen molar-refractivity contribution in [2.45, 2.75) is 38.0 Å². The van der Waals surface area contributed by atoms with Crippen molar-refractivity contribution in [1.29, 1.82) is 0 Å². The monoisotopic (exact) mass is 425 g/mol. The molecule has 2 aromatic carbocycles. The first kappa shape index (κ1) is 23.1. The van der Waals surface area contributed by atoms with Gasteiger partial charge in [0.1, 0.15) is 0 Å². The predicted octanol–water partition coefficient (Wildman–Crippen LogP) is 4.94. The summed E-state index contributed by atoms with van der Waals surface area (Å²) in [4.78, 5) is 14.6. The maximum absolute atomic E-state index is 12.2. The first-order chi connectivity index (χ1) is 15.0. The Morgan fingerprint density at radius 3 is 2.35 bits per heavy atom. The van der Waals surface area contributed by atoms with Crippen molar-refractivity contribution < 1.29 is 19.0 Å². The molecular weight excluding hydrogens is 390 g/mol. The molecule has 0 N–H and O–H groups in total. The topological polar surface area (TPSA) is 48.0 Å². The van der Waals surface area contributed by atoms with E-state index < -0.39 is 0 Å². The van der Waals surface area contributed by atoms with Crippen LogP contribution in [0.25, 0.3) is 0 Å². The molecule has 1 saturated carbocycles. The summed E-state index contributed by atoms with van der Waals surface area (Å²) in [5.74, 6) is 1.55. The van der Waals surface area contributed by atoms with Crippen LogP contribution < -0.4 is 9.47 Å². The molecule has 0 spiro atoms. The molecule has 0 heterocycles. The lowest BCUT2D eigenvalue weighted by Crippen LogP contribution is -2.39. The van der Waals surface area contributed by atoms with Crippen molar-refractivity contribution in [1.82, 2.24) is 4.90 Å². The van der Waals surface area contributed by atoms with Gasteiger partial charge < -0.3 is 19.1 Å². The van der Waals surface area contributed by atoms with Crippen LogP contribution >= 0.6 is 0 Å². The van der Waals surface area contributed by atoms with Gasteiger partial charge in [0, 0.05) is 24.4 Å². The lowest BCUT2D eigenvalue weighted by Gasteiger charge is -2.35. The average Bonchev–Trinajstić information content (AvgIpc) is 3.26. The second-order valence-electron chi connectivity index (χ2n) is 8.82. The fraction of sp³-hybridized carbons (Fsp3) is 0.500. The van der Waals surface area contributed by atoms with E-state index in [-0.39, 0.29) is 17.3 Å². The summed E-state index contributed by atoms with van der Waals surface area (Å²) < 4.78 is 16.5. The minimum atomic E-state index is -0.257. The second kappa shape index (κ2) is 10.7. The van der Waals surface area contributed by atoms with Gasteiger partial charge in [-0.05, 0) is 49.7 Å². The van der Waals surface area contributed by atoms with E-state index in [4.69, 9.17) is 14.2 Å². The molecule has 0 bridgehead atoms. The molecule has 31 heavy (non-hydrogen) atoms. The number of carbonyl (C=O) groups is 1. The van der Waals surface area contributed by atoms with Crippen molar-refractivity contribution >= 4 is 5.97 Å². The third-order valence-electron chi connectivity index (χ3n) is 6.26. The summed E-state index contributed by atoms with van der Waals surface area (Å²) in [7, 11) is 5.52. The molecule has 0 unspecified atom stereocenters. The molecular formula is C26H35NO4. The molecule has 2 aromatic rings. The van der Waals surface area contributed by atoms with E-state index in [2.05, 4.69) is 31.0 Å². The Balaban J connectivity index is 1.60. The molecule has 5 nitrogen and oxygen atoms in total. The third kappa shape index (κ3) is 5.79. The molecule has 1 aliphatic rings. The zero-order valence-electron chi connectivity index (χ0n) is 19.2. The van der Waals surface area contributed by atoms with Gasteiger partial charge in [-0.2, -0.15) is 0 Å². The van der Waals surface area contributed by atoms with Crippen LogP contribution in [0.5, 0.6) is 11.5 Å². The van der Waals surface area contributed by atoms with Gasteiger partial charge in [0.15, 0.2) is 11.5 Å². The zero-order valence-corrected chi connectivity index (χ0v) is 19.2. The van der Waals surface area contributed by atoms with Crippen LogP contribution in [0, 0.1) is 5.92 Å². The molecule has 168 valence electrons. The van der Waals surface area contributed by atoms with Crippen molar-refractivity contribution in [2.75, 3.05) is 41.0 Å². The number of esters is 1. The largest absolute Gasteiger partial charge is 0.493 e. The van der Waals surface area contributed by atoms with Crippen LogP contribution in [-0.2, 0) is 10.2 Å². The number of hydrogen-bond acceptors (Lipinski definition) is 5. The fourth-order valence-corrected chi connectivity index (χ4v) is 4.80.